The summed E-state index contributed by atoms with van der Waals surface area (Å²) in [5, 5.41) is 0. The van der Waals surface area contributed by atoms with Crippen molar-refractivity contribution in [3.8, 4) is 0 Å². The summed E-state index contributed by atoms with van der Waals surface area (Å²) in [6.07, 6.45) is 17.3. The van der Waals surface area contributed by atoms with Gasteiger partial charge in [0.1, 0.15) is 0 Å². The summed E-state index contributed by atoms with van der Waals surface area (Å²) in [6, 6.07) is 0.352. The number of hydrogen-bond donors (Lipinski definition) is 2. The lowest BCUT2D eigenvalue weighted by Gasteiger charge is -2.44. The molecule has 4 fully saturated rings. The maximum atomic E-state index is 6.48. The molecule has 0 saturated heterocycles. The van der Waals surface area contributed by atoms with E-state index in [0.29, 0.717) is 11.5 Å². The molecule has 4 N–H and O–H groups in total. The van der Waals surface area contributed by atoms with Gasteiger partial charge in [-0.05, 0) is 105 Å². The van der Waals surface area contributed by atoms with Crippen LogP contribution in [0.5, 0.6) is 0 Å². The molecule has 2 heteroatoms. The van der Waals surface area contributed by atoms with Crippen LogP contribution in [-0.2, 0) is 0 Å². The van der Waals surface area contributed by atoms with Crippen LogP contribution in [0.25, 0.3) is 0 Å². The molecule has 0 radical (unpaired) electrons. The van der Waals surface area contributed by atoms with E-state index in [-0.39, 0.29) is 0 Å². The highest BCUT2D eigenvalue weighted by atomic mass is 14.7. The van der Waals surface area contributed by atoms with Crippen molar-refractivity contribution in [2.45, 2.75) is 96.9 Å². The third-order valence-corrected chi connectivity index (χ3v) is 9.75. The lowest BCUT2D eigenvalue weighted by molar-refractivity contribution is 0.0577. The SMILES string of the molecule is CC1(C)C2CCCCC2C2CCC(C3CCCC(C(N)CCN)C3)CC21. The van der Waals surface area contributed by atoms with Crippen molar-refractivity contribution in [2.75, 3.05) is 6.54 Å². The molecule has 0 aromatic carbocycles. The second-order valence-corrected chi connectivity index (χ2v) is 11.1. The summed E-state index contributed by atoms with van der Waals surface area (Å²) in [5.41, 5.74) is 12.9. The van der Waals surface area contributed by atoms with Crippen molar-refractivity contribution in [2.24, 2.45) is 58.3 Å². The van der Waals surface area contributed by atoms with Gasteiger partial charge in [-0.15, -0.1) is 0 Å². The van der Waals surface area contributed by atoms with Gasteiger partial charge in [-0.1, -0.05) is 39.5 Å². The molecule has 8 unspecified atom stereocenters. The average molecular weight is 361 g/mol. The third-order valence-electron chi connectivity index (χ3n) is 9.75. The molecule has 0 aliphatic heterocycles. The fourth-order valence-electron chi connectivity index (χ4n) is 8.41. The van der Waals surface area contributed by atoms with Crippen LogP contribution in [0.4, 0.5) is 0 Å². The Balaban J connectivity index is 1.42. The maximum absolute atomic E-state index is 6.48. The molecular formula is C24H44N2. The van der Waals surface area contributed by atoms with Crippen LogP contribution in [0.3, 0.4) is 0 Å². The van der Waals surface area contributed by atoms with Gasteiger partial charge in [-0.3, -0.25) is 0 Å². The lowest BCUT2D eigenvalue weighted by atomic mass is 9.61. The van der Waals surface area contributed by atoms with Crippen LogP contribution in [0.2, 0.25) is 0 Å². The van der Waals surface area contributed by atoms with E-state index in [0.717, 1.165) is 54.4 Å². The molecule has 4 rings (SSSR count). The molecule has 0 amide bonds. The van der Waals surface area contributed by atoms with Crippen LogP contribution in [0.15, 0.2) is 0 Å². The van der Waals surface area contributed by atoms with Gasteiger partial charge in [0, 0.05) is 6.04 Å². The van der Waals surface area contributed by atoms with E-state index in [1.807, 2.05) is 0 Å². The Morgan fingerprint density at radius 2 is 1.54 bits per heavy atom. The van der Waals surface area contributed by atoms with Crippen LogP contribution in [0, 0.1) is 46.8 Å². The minimum atomic E-state index is 0.352. The molecule has 8 atom stereocenters. The second kappa shape index (κ2) is 7.74. The zero-order valence-electron chi connectivity index (χ0n) is 17.5. The summed E-state index contributed by atoms with van der Waals surface area (Å²) in [5.74, 6) is 6.86. The standard InChI is InChI=1S/C24H44N2/c1-24(2)21-9-4-3-8-19(21)20-11-10-17(15-22(20)24)16-6-5-7-18(14-16)23(26)12-13-25/h16-23H,3-15,25-26H2,1-2H3. The highest BCUT2D eigenvalue weighted by Gasteiger charge is 2.56. The fourth-order valence-corrected chi connectivity index (χ4v) is 8.41. The van der Waals surface area contributed by atoms with Crippen molar-refractivity contribution in [3.63, 3.8) is 0 Å². The highest BCUT2D eigenvalue weighted by molar-refractivity contribution is 5.05. The fraction of sp³-hybridized carbons (Fsp3) is 1.00. The molecular weight excluding hydrogens is 316 g/mol. The molecule has 0 spiro atoms. The van der Waals surface area contributed by atoms with E-state index in [4.69, 9.17) is 11.5 Å². The predicted octanol–water partition coefficient (Wildman–Crippen LogP) is 5.35. The number of hydrogen-bond acceptors (Lipinski definition) is 2. The van der Waals surface area contributed by atoms with Crippen molar-refractivity contribution in [1.29, 1.82) is 0 Å². The minimum Gasteiger partial charge on any atom is -0.330 e. The summed E-state index contributed by atoms with van der Waals surface area (Å²) >= 11 is 0. The van der Waals surface area contributed by atoms with Gasteiger partial charge in [0.05, 0.1) is 0 Å². The Morgan fingerprint density at radius 1 is 0.808 bits per heavy atom. The normalized spacial score (nSPS) is 46.4. The number of nitrogens with two attached hydrogens (primary N) is 2. The first-order valence-corrected chi connectivity index (χ1v) is 12.0. The molecule has 4 saturated carbocycles. The Bertz CT molecular complexity index is 473. The van der Waals surface area contributed by atoms with Crippen LogP contribution in [-0.4, -0.2) is 12.6 Å². The van der Waals surface area contributed by atoms with Crippen LogP contribution >= 0.6 is 0 Å². The maximum Gasteiger partial charge on any atom is 0.00792 e. The molecule has 2 nitrogen and oxygen atoms in total. The van der Waals surface area contributed by atoms with E-state index >= 15 is 0 Å². The first kappa shape index (κ1) is 19.2. The van der Waals surface area contributed by atoms with Gasteiger partial charge in [0.15, 0.2) is 0 Å². The predicted molar refractivity (Wildman–Crippen MR) is 111 cm³/mol. The van der Waals surface area contributed by atoms with Gasteiger partial charge in [0.2, 0.25) is 0 Å². The number of fused-ring (bicyclic) bond motifs is 3. The molecule has 4 aliphatic rings. The summed E-state index contributed by atoms with van der Waals surface area (Å²) in [7, 11) is 0. The van der Waals surface area contributed by atoms with Gasteiger partial charge >= 0.3 is 0 Å². The Kier molecular flexibility index (Phi) is 5.73. The monoisotopic (exact) mass is 360 g/mol. The molecule has 0 bridgehead atoms. The molecule has 150 valence electrons. The van der Waals surface area contributed by atoms with E-state index < -0.39 is 0 Å². The van der Waals surface area contributed by atoms with Gasteiger partial charge in [-0.2, -0.15) is 0 Å². The molecule has 26 heavy (non-hydrogen) atoms. The van der Waals surface area contributed by atoms with Crippen molar-refractivity contribution in [1.82, 2.24) is 0 Å². The third kappa shape index (κ3) is 3.39. The summed E-state index contributed by atoms with van der Waals surface area (Å²) in [6.45, 7) is 6.04. The zero-order valence-corrected chi connectivity index (χ0v) is 17.5. The zero-order chi connectivity index (χ0) is 18.3. The molecule has 0 heterocycles. The second-order valence-electron chi connectivity index (χ2n) is 11.1. The Morgan fingerprint density at radius 3 is 2.35 bits per heavy atom. The molecule has 0 aromatic heterocycles. The average Bonchev–Trinajstić information content (AvgIpc) is 2.90. The quantitative estimate of drug-likeness (QED) is 0.710. The first-order valence-electron chi connectivity index (χ1n) is 12.0. The van der Waals surface area contributed by atoms with Gasteiger partial charge in [-0.25, -0.2) is 0 Å². The largest absolute Gasteiger partial charge is 0.330 e. The van der Waals surface area contributed by atoms with E-state index in [9.17, 15) is 0 Å². The molecule has 0 aromatic rings. The Hall–Kier alpha value is -0.0800. The molecule has 4 aliphatic carbocycles. The van der Waals surface area contributed by atoms with Crippen molar-refractivity contribution >= 4 is 0 Å². The first-order chi connectivity index (χ1) is 12.5. The minimum absolute atomic E-state index is 0.352. The van der Waals surface area contributed by atoms with Crippen molar-refractivity contribution in [3.05, 3.63) is 0 Å². The van der Waals surface area contributed by atoms with Crippen molar-refractivity contribution < 1.29 is 0 Å². The number of rotatable bonds is 4. The van der Waals surface area contributed by atoms with Gasteiger partial charge < -0.3 is 11.5 Å². The topological polar surface area (TPSA) is 52.0 Å². The lowest BCUT2D eigenvalue weighted by Crippen LogP contribution is -2.39. The summed E-state index contributed by atoms with van der Waals surface area (Å²) < 4.78 is 0. The van der Waals surface area contributed by atoms with Gasteiger partial charge in [0.25, 0.3) is 0 Å². The Labute approximate surface area is 162 Å². The van der Waals surface area contributed by atoms with Crippen LogP contribution in [0.1, 0.15) is 90.9 Å². The highest BCUT2D eigenvalue weighted by Crippen LogP contribution is 2.64. The van der Waals surface area contributed by atoms with E-state index in [1.54, 1.807) is 6.42 Å². The smallest absolute Gasteiger partial charge is 0.00792 e. The summed E-state index contributed by atoms with van der Waals surface area (Å²) in [4.78, 5) is 0. The van der Waals surface area contributed by atoms with E-state index in [2.05, 4.69) is 13.8 Å². The van der Waals surface area contributed by atoms with E-state index in [1.165, 1.54) is 64.2 Å². The van der Waals surface area contributed by atoms with Crippen LogP contribution < -0.4 is 11.5 Å².